The summed E-state index contributed by atoms with van der Waals surface area (Å²) < 4.78 is 2.87. The molecule has 0 nitrogen and oxygen atoms in total. The van der Waals surface area contributed by atoms with E-state index in [1.165, 1.54) is 24.1 Å². The standard InChI is InChI=1S/C11H11IS/c1-3-8-9-6-7(2)4-5-10(9)13-11(8)12/h4-6H,3H2,1-2H3. The van der Waals surface area contributed by atoms with Gasteiger partial charge in [0.05, 0.1) is 2.88 Å². The van der Waals surface area contributed by atoms with Crippen molar-refractivity contribution >= 4 is 44.0 Å². The minimum atomic E-state index is 1.14. The van der Waals surface area contributed by atoms with E-state index in [4.69, 9.17) is 0 Å². The van der Waals surface area contributed by atoms with Crippen molar-refractivity contribution in [2.75, 3.05) is 0 Å². The van der Waals surface area contributed by atoms with Crippen molar-refractivity contribution in [1.82, 2.24) is 0 Å². The van der Waals surface area contributed by atoms with Crippen LogP contribution >= 0.6 is 33.9 Å². The maximum Gasteiger partial charge on any atom is 0.0697 e. The minimum absolute atomic E-state index is 1.14. The van der Waals surface area contributed by atoms with Crippen molar-refractivity contribution < 1.29 is 0 Å². The number of fused-ring (bicyclic) bond motifs is 1. The van der Waals surface area contributed by atoms with Gasteiger partial charge in [0, 0.05) is 4.70 Å². The third-order valence-corrected chi connectivity index (χ3v) is 4.56. The van der Waals surface area contributed by atoms with Crippen molar-refractivity contribution in [3.63, 3.8) is 0 Å². The van der Waals surface area contributed by atoms with E-state index < -0.39 is 0 Å². The van der Waals surface area contributed by atoms with Crippen molar-refractivity contribution in [2.45, 2.75) is 20.3 Å². The summed E-state index contributed by atoms with van der Waals surface area (Å²) in [6.45, 7) is 4.38. The van der Waals surface area contributed by atoms with Gasteiger partial charge in [-0.15, -0.1) is 11.3 Å². The fourth-order valence-electron chi connectivity index (χ4n) is 1.56. The predicted octanol–water partition coefficient (Wildman–Crippen LogP) is 4.38. The second-order valence-corrected chi connectivity index (χ2v) is 6.07. The number of hydrogen-bond donors (Lipinski definition) is 0. The fourth-order valence-corrected chi connectivity index (χ4v) is 3.94. The van der Waals surface area contributed by atoms with Crippen LogP contribution < -0.4 is 0 Å². The van der Waals surface area contributed by atoms with Crippen LogP contribution in [0.4, 0.5) is 0 Å². The summed E-state index contributed by atoms with van der Waals surface area (Å²) >= 11 is 4.34. The zero-order chi connectivity index (χ0) is 9.42. The minimum Gasteiger partial charge on any atom is -0.129 e. The molecular formula is C11H11IS. The Morgan fingerprint density at radius 2 is 2.15 bits per heavy atom. The van der Waals surface area contributed by atoms with E-state index in [0.29, 0.717) is 0 Å². The molecular weight excluding hydrogens is 291 g/mol. The van der Waals surface area contributed by atoms with Crippen LogP contribution in [0.1, 0.15) is 18.1 Å². The molecule has 0 bridgehead atoms. The Hall–Kier alpha value is -0.0900. The highest BCUT2D eigenvalue weighted by Gasteiger charge is 2.07. The van der Waals surface area contributed by atoms with E-state index in [9.17, 15) is 0 Å². The van der Waals surface area contributed by atoms with Gasteiger partial charge in [-0.05, 0) is 53.0 Å². The molecule has 0 aliphatic heterocycles. The van der Waals surface area contributed by atoms with E-state index in [1.807, 2.05) is 11.3 Å². The van der Waals surface area contributed by atoms with Gasteiger partial charge in [-0.25, -0.2) is 0 Å². The highest BCUT2D eigenvalue weighted by molar-refractivity contribution is 14.1. The largest absolute Gasteiger partial charge is 0.129 e. The maximum absolute atomic E-state index is 2.44. The van der Waals surface area contributed by atoms with Crippen molar-refractivity contribution in [3.8, 4) is 0 Å². The van der Waals surface area contributed by atoms with Gasteiger partial charge in [-0.2, -0.15) is 0 Å². The van der Waals surface area contributed by atoms with Crippen LogP contribution in [0.2, 0.25) is 0 Å². The van der Waals surface area contributed by atoms with Crippen molar-refractivity contribution in [3.05, 3.63) is 32.2 Å². The van der Waals surface area contributed by atoms with Crippen molar-refractivity contribution in [1.29, 1.82) is 0 Å². The van der Waals surface area contributed by atoms with Gasteiger partial charge in [-0.1, -0.05) is 24.6 Å². The molecule has 0 aliphatic rings. The van der Waals surface area contributed by atoms with Gasteiger partial charge >= 0.3 is 0 Å². The fraction of sp³-hybridized carbons (Fsp3) is 0.273. The van der Waals surface area contributed by atoms with Crippen LogP contribution in [0.3, 0.4) is 0 Å². The number of benzene rings is 1. The molecule has 0 spiro atoms. The van der Waals surface area contributed by atoms with E-state index in [0.717, 1.165) is 6.42 Å². The summed E-state index contributed by atoms with van der Waals surface area (Å²) in [5, 5.41) is 1.46. The quantitative estimate of drug-likeness (QED) is 0.686. The Kier molecular flexibility index (Phi) is 2.60. The molecule has 0 atom stereocenters. The first-order valence-electron chi connectivity index (χ1n) is 4.40. The van der Waals surface area contributed by atoms with E-state index in [-0.39, 0.29) is 0 Å². The maximum atomic E-state index is 2.44. The lowest BCUT2D eigenvalue weighted by Crippen LogP contribution is -1.79. The molecule has 0 N–H and O–H groups in total. The molecule has 2 rings (SSSR count). The lowest BCUT2D eigenvalue weighted by Gasteiger charge is -1.96. The molecule has 68 valence electrons. The first-order valence-corrected chi connectivity index (χ1v) is 6.29. The summed E-state index contributed by atoms with van der Waals surface area (Å²) in [6.07, 6.45) is 1.14. The molecule has 0 saturated carbocycles. The van der Waals surface area contributed by atoms with Gasteiger partial charge in [0.1, 0.15) is 0 Å². The third-order valence-electron chi connectivity index (χ3n) is 2.25. The lowest BCUT2D eigenvalue weighted by atomic mass is 10.1. The lowest BCUT2D eigenvalue weighted by molar-refractivity contribution is 1.16. The average Bonchev–Trinajstić information content (AvgIpc) is 2.40. The molecule has 0 radical (unpaired) electrons. The SMILES string of the molecule is CCc1c(I)sc2ccc(C)cc12. The number of hydrogen-bond acceptors (Lipinski definition) is 1. The Morgan fingerprint density at radius 1 is 1.38 bits per heavy atom. The third kappa shape index (κ3) is 1.62. The molecule has 1 aromatic carbocycles. The Morgan fingerprint density at radius 3 is 2.85 bits per heavy atom. The first-order chi connectivity index (χ1) is 6.22. The van der Waals surface area contributed by atoms with Crippen LogP contribution in [0.25, 0.3) is 10.1 Å². The summed E-state index contributed by atoms with van der Waals surface area (Å²) in [7, 11) is 0. The Bertz CT molecular complexity index is 443. The number of thiophene rings is 1. The van der Waals surface area contributed by atoms with Crippen LogP contribution in [0.15, 0.2) is 18.2 Å². The van der Waals surface area contributed by atoms with Crippen molar-refractivity contribution in [2.24, 2.45) is 0 Å². The van der Waals surface area contributed by atoms with E-state index in [1.54, 1.807) is 0 Å². The van der Waals surface area contributed by atoms with E-state index >= 15 is 0 Å². The average molecular weight is 302 g/mol. The van der Waals surface area contributed by atoms with Gasteiger partial charge in [0.2, 0.25) is 0 Å². The summed E-state index contributed by atoms with van der Waals surface area (Å²) in [5.41, 5.74) is 2.88. The van der Waals surface area contributed by atoms with Crippen LogP contribution in [-0.4, -0.2) is 0 Å². The van der Waals surface area contributed by atoms with Gasteiger partial charge in [-0.3, -0.25) is 0 Å². The summed E-state index contributed by atoms with van der Waals surface area (Å²) in [6, 6.07) is 6.72. The van der Waals surface area contributed by atoms with Crippen LogP contribution in [-0.2, 0) is 6.42 Å². The smallest absolute Gasteiger partial charge is 0.0697 e. The highest BCUT2D eigenvalue weighted by atomic mass is 127. The second-order valence-electron chi connectivity index (χ2n) is 3.21. The predicted molar refractivity (Wildman–Crippen MR) is 68.7 cm³/mol. The Balaban J connectivity index is 2.80. The van der Waals surface area contributed by atoms with Gasteiger partial charge in [0.25, 0.3) is 0 Å². The Labute approximate surface area is 96.1 Å². The molecule has 2 aromatic rings. The van der Waals surface area contributed by atoms with E-state index in [2.05, 4.69) is 54.6 Å². The number of halogens is 1. The zero-order valence-electron chi connectivity index (χ0n) is 7.73. The molecule has 2 heteroatoms. The van der Waals surface area contributed by atoms with Crippen LogP contribution in [0.5, 0.6) is 0 Å². The first kappa shape index (κ1) is 9.46. The normalized spacial score (nSPS) is 11.0. The molecule has 0 unspecified atom stereocenters. The monoisotopic (exact) mass is 302 g/mol. The zero-order valence-corrected chi connectivity index (χ0v) is 10.7. The molecule has 0 saturated heterocycles. The highest BCUT2D eigenvalue weighted by Crippen LogP contribution is 2.33. The van der Waals surface area contributed by atoms with Gasteiger partial charge in [0.15, 0.2) is 0 Å². The summed E-state index contributed by atoms with van der Waals surface area (Å²) in [4.78, 5) is 0. The topological polar surface area (TPSA) is 0 Å². The molecule has 0 fully saturated rings. The number of aryl methyl sites for hydroxylation is 2. The summed E-state index contributed by atoms with van der Waals surface area (Å²) in [5.74, 6) is 0. The second kappa shape index (κ2) is 3.58. The molecule has 0 amide bonds. The van der Waals surface area contributed by atoms with Gasteiger partial charge < -0.3 is 0 Å². The molecule has 1 aromatic heterocycles. The molecule has 1 heterocycles. The molecule has 0 aliphatic carbocycles. The van der Waals surface area contributed by atoms with Crippen LogP contribution in [0, 0.1) is 9.81 Å². The molecule has 13 heavy (non-hydrogen) atoms. The number of rotatable bonds is 1.